The summed E-state index contributed by atoms with van der Waals surface area (Å²) in [7, 11) is 0. The molecule has 0 aliphatic carbocycles. The van der Waals surface area contributed by atoms with Gasteiger partial charge in [-0.2, -0.15) is 0 Å². The minimum atomic E-state index is 0.376. The van der Waals surface area contributed by atoms with Gasteiger partial charge in [0.25, 0.3) is 0 Å². The lowest BCUT2D eigenvalue weighted by atomic mass is 10.3. The van der Waals surface area contributed by atoms with E-state index in [-0.39, 0.29) is 0 Å². The molecule has 0 bridgehead atoms. The van der Waals surface area contributed by atoms with Gasteiger partial charge in [-0.3, -0.25) is 4.98 Å². The topological polar surface area (TPSA) is 31.4 Å². The number of hydrogen-bond donors (Lipinski definition) is 0. The van der Waals surface area contributed by atoms with Gasteiger partial charge in [0, 0.05) is 12.3 Å². The van der Waals surface area contributed by atoms with Crippen molar-refractivity contribution in [3.63, 3.8) is 0 Å². The quantitative estimate of drug-likeness (QED) is 0.733. The van der Waals surface area contributed by atoms with Crippen molar-refractivity contribution in [1.29, 1.82) is 0 Å². The van der Waals surface area contributed by atoms with Gasteiger partial charge < -0.3 is 9.47 Å². The van der Waals surface area contributed by atoms with Gasteiger partial charge in [-0.25, -0.2) is 0 Å². The fraction of sp³-hybridized carbons (Fsp3) is 0.267. The van der Waals surface area contributed by atoms with Crippen LogP contribution in [0.1, 0.15) is 19.0 Å². The van der Waals surface area contributed by atoms with Gasteiger partial charge in [0.15, 0.2) is 0 Å². The molecule has 3 nitrogen and oxygen atoms in total. The summed E-state index contributed by atoms with van der Waals surface area (Å²) in [6.07, 6.45) is 2.68. The van der Waals surface area contributed by atoms with Crippen LogP contribution in [0.4, 0.5) is 0 Å². The largest absolute Gasteiger partial charge is 0.494 e. The van der Waals surface area contributed by atoms with Crippen LogP contribution in [-0.2, 0) is 5.88 Å². The SMILES string of the molecule is CCCOc1ccc(Oc2ccnc(CCl)c2)cc1. The molecule has 0 spiro atoms. The van der Waals surface area contributed by atoms with Crippen LogP contribution in [0.25, 0.3) is 0 Å². The maximum absolute atomic E-state index is 5.74. The molecular weight excluding hydrogens is 262 g/mol. The zero-order valence-corrected chi connectivity index (χ0v) is 11.6. The maximum Gasteiger partial charge on any atom is 0.130 e. The summed E-state index contributed by atoms with van der Waals surface area (Å²) in [5.41, 5.74) is 0.794. The molecular formula is C15H16ClNO2. The third-order valence-electron chi connectivity index (χ3n) is 2.46. The van der Waals surface area contributed by atoms with Crippen molar-refractivity contribution in [3.05, 3.63) is 48.3 Å². The van der Waals surface area contributed by atoms with Crippen LogP contribution in [0.5, 0.6) is 17.2 Å². The molecule has 1 aromatic heterocycles. The first kappa shape index (κ1) is 13.7. The Balaban J connectivity index is 2.02. The standard InChI is InChI=1S/C15H16ClNO2/c1-2-9-18-13-3-5-14(6-4-13)19-15-7-8-17-12(10-15)11-16/h3-8,10H,2,9,11H2,1H3. The lowest BCUT2D eigenvalue weighted by molar-refractivity contribution is 0.317. The Kier molecular flexibility index (Phi) is 5.04. The van der Waals surface area contributed by atoms with Gasteiger partial charge in [-0.15, -0.1) is 11.6 Å². The Morgan fingerprint density at radius 2 is 1.79 bits per heavy atom. The molecule has 0 saturated carbocycles. The normalized spacial score (nSPS) is 10.2. The first-order chi connectivity index (χ1) is 9.31. The van der Waals surface area contributed by atoms with Crippen molar-refractivity contribution >= 4 is 11.6 Å². The molecule has 2 aromatic rings. The van der Waals surface area contributed by atoms with Crippen molar-refractivity contribution in [2.24, 2.45) is 0 Å². The molecule has 19 heavy (non-hydrogen) atoms. The molecule has 0 amide bonds. The Morgan fingerprint density at radius 3 is 2.47 bits per heavy atom. The number of benzene rings is 1. The fourth-order valence-electron chi connectivity index (χ4n) is 1.55. The average Bonchev–Trinajstić information content (AvgIpc) is 2.47. The van der Waals surface area contributed by atoms with Crippen molar-refractivity contribution in [2.45, 2.75) is 19.2 Å². The van der Waals surface area contributed by atoms with Crippen LogP contribution in [0.15, 0.2) is 42.6 Å². The second-order valence-electron chi connectivity index (χ2n) is 4.04. The number of hydrogen-bond acceptors (Lipinski definition) is 3. The molecule has 1 aromatic carbocycles. The van der Waals surface area contributed by atoms with Crippen molar-refractivity contribution in [1.82, 2.24) is 4.98 Å². The molecule has 0 atom stereocenters. The minimum Gasteiger partial charge on any atom is -0.494 e. The van der Waals surface area contributed by atoms with E-state index in [0.29, 0.717) is 5.88 Å². The molecule has 0 aliphatic heterocycles. The third kappa shape index (κ3) is 4.14. The predicted octanol–water partition coefficient (Wildman–Crippen LogP) is 4.40. The molecule has 4 heteroatoms. The highest BCUT2D eigenvalue weighted by molar-refractivity contribution is 6.16. The van der Waals surface area contributed by atoms with Crippen molar-refractivity contribution in [2.75, 3.05) is 6.61 Å². The predicted molar refractivity (Wildman–Crippen MR) is 76.1 cm³/mol. The minimum absolute atomic E-state index is 0.376. The van der Waals surface area contributed by atoms with E-state index in [1.54, 1.807) is 12.3 Å². The van der Waals surface area contributed by atoms with Gasteiger partial charge >= 0.3 is 0 Å². The van der Waals surface area contributed by atoms with Crippen LogP contribution in [0, 0.1) is 0 Å². The monoisotopic (exact) mass is 277 g/mol. The molecule has 2 rings (SSSR count). The highest BCUT2D eigenvalue weighted by Crippen LogP contribution is 2.24. The van der Waals surface area contributed by atoms with E-state index in [1.807, 2.05) is 30.3 Å². The Bertz CT molecular complexity index is 514. The highest BCUT2D eigenvalue weighted by Gasteiger charge is 2.00. The van der Waals surface area contributed by atoms with E-state index in [0.717, 1.165) is 36.0 Å². The maximum atomic E-state index is 5.74. The highest BCUT2D eigenvalue weighted by atomic mass is 35.5. The zero-order valence-electron chi connectivity index (χ0n) is 10.8. The summed E-state index contributed by atoms with van der Waals surface area (Å²) in [5.74, 6) is 2.72. The summed E-state index contributed by atoms with van der Waals surface area (Å²) in [6.45, 7) is 2.80. The molecule has 0 saturated heterocycles. The number of aromatic nitrogens is 1. The molecule has 1 heterocycles. The van der Waals surface area contributed by atoms with Crippen molar-refractivity contribution < 1.29 is 9.47 Å². The van der Waals surface area contributed by atoms with Crippen LogP contribution in [-0.4, -0.2) is 11.6 Å². The summed E-state index contributed by atoms with van der Waals surface area (Å²) in [4.78, 5) is 4.12. The summed E-state index contributed by atoms with van der Waals surface area (Å²) < 4.78 is 11.2. The number of pyridine rings is 1. The van der Waals surface area contributed by atoms with Crippen molar-refractivity contribution in [3.8, 4) is 17.2 Å². The van der Waals surface area contributed by atoms with Gasteiger partial charge in [0.1, 0.15) is 17.2 Å². The van der Waals surface area contributed by atoms with Gasteiger partial charge in [0.2, 0.25) is 0 Å². The number of nitrogens with zero attached hydrogens (tertiary/aromatic N) is 1. The van der Waals surface area contributed by atoms with Gasteiger partial charge in [-0.05, 0) is 36.8 Å². The van der Waals surface area contributed by atoms with Gasteiger partial charge in [-0.1, -0.05) is 6.92 Å². The van der Waals surface area contributed by atoms with E-state index >= 15 is 0 Å². The first-order valence-corrected chi connectivity index (χ1v) is 6.77. The zero-order chi connectivity index (χ0) is 13.5. The average molecular weight is 278 g/mol. The number of alkyl halides is 1. The Labute approximate surface area is 118 Å². The summed E-state index contributed by atoms with van der Waals surface area (Å²) in [5, 5.41) is 0. The summed E-state index contributed by atoms with van der Waals surface area (Å²) in [6, 6.07) is 11.2. The van der Waals surface area contributed by atoms with Gasteiger partial charge in [0.05, 0.1) is 18.2 Å². The lowest BCUT2D eigenvalue weighted by Gasteiger charge is -2.08. The fourth-order valence-corrected chi connectivity index (χ4v) is 1.70. The van der Waals surface area contributed by atoms with E-state index in [2.05, 4.69) is 11.9 Å². The molecule has 0 radical (unpaired) electrons. The van der Waals surface area contributed by atoms with E-state index in [4.69, 9.17) is 21.1 Å². The number of rotatable bonds is 6. The first-order valence-electron chi connectivity index (χ1n) is 6.23. The second-order valence-corrected chi connectivity index (χ2v) is 4.31. The second kappa shape index (κ2) is 7.00. The Morgan fingerprint density at radius 1 is 1.05 bits per heavy atom. The number of ether oxygens (including phenoxy) is 2. The summed E-state index contributed by atoms with van der Waals surface area (Å²) >= 11 is 5.74. The van der Waals surface area contributed by atoms with Crippen LogP contribution < -0.4 is 9.47 Å². The van der Waals surface area contributed by atoms with Crippen LogP contribution in [0.3, 0.4) is 0 Å². The van der Waals surface area contributed by atoms with E-state index < -0.39 is 0 Å². The molecule has 0 unspecified atom stereocenters. The number of halogens is 1. The third-order valence-corrected chi connectivity index (χ3v) is 2.73. The Hall–Kier alpha value is -1.74. The molecule has 0 aliphatic rings. The molecule has 0 fully saturated rings. The lowest BCUT2D eigenvalue weighted by Crippen LogP contribution is -1.94. The van der Waals surface area contributed by atoms with E-state index in [9.17, 15) is 0 Å². The van der Waals surface area contributed by atoms with E-state index in [1.165, 1.54) is 0 Å². The smallest absolute Gasteiger partial charge is 0.130 e. The van der Waals surface area contributed by atoms with Crippen LogP contribution in [0.2, 0.25) is 0 Å². The molecule has 0 N–H and O–H groups in total. The molecule has 100 valence electrons. The van der Waals surface area contributed by atoms with Crippen LogP contribution >= 0.6 is 11.6 Å².